The van der Waals surface area contributed by atoms with Gasteiger partial charge in [0.05, 0.1) is 12.5 Å². The molecule has 0 radical (unpaired) electrons. The molecule has 0 saturated carbocycles. The van der Waals surface area contributed by atoms with Crippen LogP contribution < -0.4 is 5.32 Å². The first-order valence-electron chi connectivity index (χ1n) is 11.8. The van der Waals surface area contributed by atoms with Crippen LogP contribution in [0.1, 0.15) is 28.7 Å². The molecule has 36 heavy (non-hydrogen) atoms. The number of hydrogen-bond acceptors (Lipinski definition) is 3. The van der Waals surface area contributed by atoms with Crippen LogP contribution in [0.5, 0.6) is 0 Å². The average Bonchev–Trinajstić information content (AvgIpc) is 2.93. The summed E-state index contributed by atoms with van der Waals surface area (Å²) in [5, 5.41) is 2.97. The van der Waals surface area contributed by atoms with E-state index in [1.165, 1.54) is 7.11 Å². The fraction of sp³-hybridized carbons (Fsp3) is 0.161. The lowest BCUT2D eigenvalue weighted by molar-refractivity contribution is -0.145. The van der Waals surface area contributed by atoms with Crippen LogP contribution >= 0.6 is 15.9 Å². The predicted octanol–water partition coefficient (Wildman–Crippen LogP) is 6.07. The Labute approximate surface area is 220 Å². The van der Waals surface area contributed by atoms with Crippen molar-refractivity contribution in [3.8, 4) is 0 Å². The Morgan fingerprint density at radius 1 is 0.750 bits per heavy atom. The monoisotopic (exact) mass is 541 g/mol. The first kappa shape index (κ1) is 25.4. The summed E-state index contributed by atoms with van der Waals surface area (Å²) in [6.45, 7) is 0. The van der Waals surface area contributed by atoms with E-state index < -0.39 is 17.4 Å². The van der Waals surface area contributed by atoms with E-state index >= 15 is 0 Å². The van der Waals surface area contributed by atoms with Gasteiger partial charge in [-0.3, -0.25) is 4.79 Å². The number of benzene rings is 4. The maximum Gasteiger partial charge on any atom is 0.328 e. The zero-order valence-electron chi connectivity index (χ0n) is 20.1. The van der Waals surface area contributed by atoms with Crippen LogP contribution in [0, 0.1) is 0 Å². The van der Waals surface area contributed by atoms with E-state index in [4.69, 9.17) is 4.74 Å². The van der Waals surface area contributed by atoms with Crippen molar-refractivity contribution in [1.29, 1.82) is 0 Å². The van der Waals surface area contributed by atoms with Gasteiger partial charge in [0.2, 0.25) is 5.91 Å². The minimum atomic E-state index is -0.818. The van der Waals surface area contributed by atoms with Crippen molar-refractivity contribution < 1.29 is 14.3 Å². The molecule has 0 aliphatic carbocycles. The van der Waals surface area contributed by atoms with E-state index in [1.54, 1.807) is 0 Å². The highest BCUT2D eigenvalue weighted by Gasteiger charge is 2.39. The molecule has 0 fully saturated rings. The number of ether oxygens (including phenoxy) is 1. The second-order valence-corrected chi connectivity index (χ2v) is 9.47. The van der Waals surface area contributed by atoms with Crippen molar-refractivity contribution in [3.05, 3.63) is 142 Å². The third-order valence-corrected chi connectivity index (χ3v) is 7.20. The Hall–Kier alpha value is -3.70. The van der Waals surface area contributed by atoms with Gasteiger partial charge in [-0.15, -0.1) is 0 Å². The van der Waals surface area contributed by atoms with Gasteiger partial charge < -0.3 is 10.1 Å². The third-order valence-electron chi connectivity index (χ3n) is 6.43. The molecule has 0 aliphatic rings. The number of amides is 1. The van der Waals surface area contributed by atoms with Gasteiger partial charge in [-0.1, -0.05) is 125 Å². The Morgan fingerprint density at radius 3 is 1.64 bits per heavy atom. The largest absolute Gasteiger partial charge is 0.467 e. The van der Waals surface area contributed by atoms with Crippen molar-refractivity contribution in [3.63, 3.8) is 0 Å². The van der Waals surface area contributed by atoms with Crippen LogP contribution in [0.25, 0.3) is 0 Å². The van der Waals surface area contributed by atoms with Gasteiger partial charge in [-0.25, -0.2) is 4.79 Å². The molecule has 0 saturated heterocycles. The molecule has 0 aromatic heterocycles. The summed E-state index contributed by atoms with van der Waals surface area (Å²) in [4.78, 5) is 26.4. The summed E-state index contributed by atoms with van der Waals surface area (Å²) in [6, 6.07) is 36.9. The van der Waals surface area contributed by atoms with Crippen molar-refractivity contribution in [2.24, 2.45) is 0 Å². The number of halogens is 1. The Bertz CT molecular complexity index is 1200. The van der Waals surface area contributed by atoms with E-state index in [1.807, 2.05) is 115 Å². The number of hydrogen-bond donors (Lipinski definition) is 1. The van der Waals surface area contributed by atoms with Crippen LogP contribution in [0.15, 0.2) is 120 Å². The number of nitrogens with one attached hydrogen (secondary N) is 1. The Balaban J connectivity index is 1.74. The fourth-order valence-electron chi connectivity index (χ4n) is 4.68. The highest BCUT2D eigenvalue weighted by molar-refractivity contribution is 9.10. The summed E-state index contributed by atoms with van der Waals surface area (Å²) in [7, 11) is 1.34. The first-order valence-corrected chi connectivity index (χ1v) is 12.6. The molecule has 0 spiro atoms. The molecule has 1 atom stereocenters. The molecular formula is C31H28BrNO3. The highest BCUT2D eigenvalue weighted by atomic mass is 79.9. The smallest absolute Gasteiger partial charge is 0.328 e. The number of esters is 1. The molecule has 0 aliphatic heterocycles. The van der Waals surface area contributed by atoms with E-state index in [0.717, 1.165) is 26.7 Å². The molecule has 5 heteroatoms. The first-order chi connectivity index (χ1) is 17.5. The zero-order chi connectivity index (χ0) is 25.4. The molecule has 4 rings (SSSR count). The minimum absolute atomic E-state index is 0.120. The maximum atomic E-state index is 13.8. The minimum Gasteiger partial charge on any atom is -0.467 e. The quantitative estimate of drug-likeness (QED) is 0.206. The van der Waals surface area contributed by atoms with Crippen molar-refractivity contribution in [2.75, 3.05) is 7.11 Å². The Kier molecular flexibility index (Phi) is 8.34. The molecule has 4 aromatic carbocycles. The van der Waals surface area contributed by atoms with Crippen LogP contribution in [0.2, 0.25) is 0 Å². The number of carbonyl (C=O) groups is 2. The number of rotatable bonds is 9. The fourth-order valence-corrected chi connectivity index (χ4v) is 5.13. The van der Waals surface area contributed by atoms with E-state index in [2.05, 4.69) is 21.2 Å². The van der Waals surface area contributed by atoms with Crippen molar-refractivity contribution >= 4 is 27.8 Å². The van der Waals surface area contributed by atoms with E-state index in [9.17, 15) is 9.59 Å². The molecule has 4 aromatic rings. The SMILES string of the molecule is COC(=O)[C@H](Cc1ccccc1Br)NC(=O)CC(c1ccccc1)(c1ccccc1)c1ccccc1. The van der Waals surface area contributed by atoms with Gasteiger partial charge in [0.15, 0.2) is 0 Å². The predicted molar refractivity (Wildman–Crippen MR) is 146 cm³/mol. The van der Waals surface area contributed by atoms with Gasteiger partial charge in [0, 0.05) is 17.3 Å². The highest BCUT2D eigenvalue weighted by Crippen LogP contribution is 2.42. The molecule has 1 N–H and O–H groups in total. The van der Waals surface area contributed by atoms with Gasteiger partial charge >= 0.3 is 5.97 Å². The van der Waals surface area contributed by atoms with E-state index in [-0.39, 0.29) is 12.3 Å². The van der Waals surface area contributed by atoms with Crippen LogP contribution in [-0.2, 0) is 26.2 Å². The molecular weight excluding hydrogens is 514 g/mol. The topological polar surface area (TPSA) is 55.4 Å². The molecule has 0 unspecified atom stereocenters. The third kappa shape index (κ3) is 5.58. The lowest BCUT2D eigenvalue weighted by atomic mass is 9.67. The van der Waals surface area contributed by atoms with Gasteiger partial charge in [-0.2, -0.15) is 0 Å². The molecule has 4 nitrogen and oxygen atoms in total. The summed E-state index contributed by atoms with van der Waals surface area (Å²) in [5.74, 6) is -0.724. The van der Waals surface area contributed by atoms with Crippen LogP contribution in [0.4, 0.5) is 0 Å². The lowest BCUT2D eigenvalue weighted by Crippen LogP contribution is -2.46. The van der Waals surface area contributed by atoms with Crippen molar-refractivity contribution in [2.45, 2.75) is 24.3 Å². The van der Waals surface area contributed by atoms with E-state index in [0.29, 0.717) is 6.42 Å². The van der Waals surface area contributed by atoms with Crippen molar-refractivity contribution in [1.82, 2.24) is 5.32 Å². The second kappa shape index (κ2) is 11.8. The second-order valence-electron chi connectivity index (χ2n) is 8.62. The standard InChI is InChI=1S/C31H28BrNO3/c1-36-30(35)28(21-23-13-11-12-20-27(23)32)33-29(34)22-31(24-14-5-2-6-15-24,25-16-7-3-8-17-25)26-18-9-4-10-19-26/h2-20,28H,21-22H2,1H3,(H,33,34)/t28-/m0/s1. The lowest BCUT2D eigenvalue weighted by Gasteiger charge is -2.36. The van der Waals surface area contributed by atoms with Gasteiger partial charge in [0.25, 0.3) is 0 Å². The maximum absolute atomic E-state index is 13.8. The van der Waals surface area contributed by atoms with Crippen LogP contribution in [0.3, 0.4) is 0 Å². The summed E-state index contributed by atoms with van der Waals surface area (Å²) >= 11 is 3.54. The summed E-state index contributed by atoms with van der Waals surface area (Å²) in [6.07, 6.45) is 0.434. The van der Waals surface area contributed by atoms with Crippen LogP contribution in [-0.4, -0.2) is 25.0 Å². The average molecular weight is 542 g/mol. The van der Waals surface area contributed by atoms with Gasteiger partial charge in [-0.05, 0) is 28.3 Å². The number of methoxy groups -OCH3 is 1. The molecule has 0 heterocycles. The normalized spacial score (nSPS) is 11.9. The Morgan fingerprint density at radius 2 is 1.19 bits per heavy atom. The molecule has 0 bridgehead atoms. The summed E-state index contributed by atoms with van der Waals surface area (Å²) in [5.41, 5.74) is 3.16. The van der Waals surface area contributed by atoms with Gasteiger partial charge in [0.1, 0.15) is 6.04 Å². The molecule has 182 valence electrons. The molecule has 1 amide bonds. The summed E-state index contributed by atoms with van der Waals surface area (Å²) < 4.78 is 5.92. The number of carbonyl (C=O) groups excluding carboxylic acids is 2. The zero-order valence-corrected chi connectivity index (χ0v) is 21.6.